The van der Waals surface area contributed by atoms with Crippen molar-refractivity contribution < 1.29 is 0 Å². The molecule has 0 saturated carbocycles. The monoisotopic (exact) mass is 273 g/mol. The van der Waals surface area contributed by atoms with Crippen LogP contribution >= 0.6 is 11.3 Å². The maximum Gasteiger partial charge on any atom is 0.0296 e. The van der Waals surface area contributed by atoms with Gasteiger partial charge < -0.3 is 5.32 Å². The first-order chi connectivity index (χ1) is 8.97. The Morgan fingerprint density at radius 3 is 1.95 bits per heavy atom. The van der Waals surface area contributed by atoms with Gasteiger partial charge >= 0.3 is 0 Å². The van der Waals surface area contributed by atoms with Gasteiger partial charge in [-0.15, -0.1) is 11.3 Å². The van der Waals surface area contributed by atoms with Crippen molar-refractivity contribution in [1.29, 1.82) is 0 Å². The molecular weight excluding hydrogens is 250 g/mol. The molecule has 0 aliphatic heterocycles. The number of hydrogen-bond acceptors (Lipinski definition) is 2. The Labute approximate surface area is 120 Å². The van der Waals surface area contributed by atoms with Crippen molar-refractivity contribution in [3.8, 4) is 11.1 Å². The fourth-order valence-electron chi connectivity index (χ4n) is 2.71. The summed E-state index contributed by atoms with van der Waals surface area (Å²) in [5, 5.41) is 5.51. The molecule has 0 aliphatic rings. The van der Waals surface area contributed by atoms with Gasteiger partial charge in [-0.1, -0.05) is 0 Å². The van der Waals surface area contributed by atoms with Crippen molar-refractivity contribution >= 4 is 11.3 Å². The van der Waals surface area contributed by atoms with Crippen LogP contribution in [0.25, 0.3) is 11.1 Å². The van der Waals surface area contributed by atoms with Crippen LogP contribution in [0.3, 0.4) is 0 Å². The van der Waals surface area contributed by atoms with Crippen LogP contribution in [0, 0.1) is 34.6 Å². The van der Waals surface area contributed by atoms with E-state index in [2.05, 4.69) is 51.4 Å². The largest absolute Gasteiger partial charge is 0.315 e. The molecule has 19 heavy (non-hydrogen) atoms. The molecule has 0 unspecified atom stereocenters. The highest BCUT2D eigenvalue weighted by Gasteiger charge is 2.14. The standard InChI is InChI=1S/C17H23NS/c1-10-11(2)13(4)17(14(5)12(10)3)15-7-16(8-18-6)19-9-15/h7,9,18H,8H2,1-6H3. The summed E-state index contributed by atoms with van der Waals surface area (Å²) in [6, 6.07) is 2.32. The van der Waals surface area contributed by atoms with Crippen LogP contribution in [-0.2, 0) is 6.54 Å². The summed E-state index contributed by atoms with van der Waals surface area (Å²) in [5.41, 5.74) is 9.95. The first-order valence-electron chi connectivity index (χ1n) is 6.76. The third kappa shape index (κ3) is 2.47. The molecule has 1 aromatic carbocycles. The normalized spacial score (nSPS) is 11.1. The van der Waals surface area contributed by atoms with Gasteiger partial charge in [0.2, 0.25) is 0 Å². The lowest BCUT2D eigenvalue weighted by atomic mass is 9.87. The van der Waals surface area contributed by atoms with Gasteiger partial charge in [-0.2, -0.15) is 0 Å². The molecule has 102 valence electrons. The molecular formula is C17H23NS. The number of nitrogens with one attached hydrogen (secondary N) is 1. The molecule has 2 rings (SSSR count). The molecule has 0 bridgehead atoms. The quantitative estimate of drug-likeness (QED) is 0.856. The van der Waals surface area contributed by atoms with E-state index in [-0.39, 0.29) is 0 Å². The van der Waals surface area contributed by atoms with Crippen LogP contribution in [0.1, 0.15) is 32.7 Å². The molecule has 1 N–H and O–H groups in total. The number of thiophene rings is 1. The molecule has 2 aromatic rings. The molecule has 1 heterocycles. The molecule has 0 radical (unpaired) electrons. The zero-order valence-electron chi connectivity index (χ0n) is 12.8. The zero-order valence-corrected chi connectivity index (χ0v) is 13.6. The van der Waals surface area contributed by atoms with Crippen LogP contribution in [-0.4, -0.2) is 7.05 Å². The van der Waals surface area contributed by atoms with Crippen molar-refractivity contribution in [3.63, 3.8) is 0 Å². The molecule has 0 saturated heterocycles. The summed E-state index contributed by atoms with van der Waals surface area (Å²) in [6.07, 6.45) is 0. The predicted octanol–water partition coefficient (Wildman–Crippen LogP) is 4.68. The van der Waals surface area contributed by atoms with E-state index in [0.29, 0.717) is 0 Å². The van der Waals surface area contributed by atoms with Crippen LogP contribution < -0.4 is 5.32 Å². The lowest BCUT2D eigenvalue weighted by Gasteiger charge is -2.18. The molecule has 1 nitrogen and oxygen atoms in total. The van der Waals surface area contributed by atoms with Crippen molar-refractivity contribution in [3.05, 3.63) is 44.1 Å². The number of hydrogen-bond donors (Lipinski definition) is 1. The van der Waals surface area contributed by atoms with Gasteiger partial charge in [0.05, 0.1) is 0 Å². The van der Waals surface area contributed by atoms with E-state index in [4.69, 9.17) is 0 Å². The maximum atomic E-state index is 3.22. The topological polar surface area (TPSA) is 12.0 Å². The maximum absolute atomic E-state index is 3.22. The minimum absolute atomic E-state index is 0.951. The molecule has 0 spiro atoms. The summed E-state index contributed by atoms with van der Waals surface area (Å²) >= 11 is 1.84. The van der Waals surface area contributed by atoms with Gasteiger partial charge in [-0.05, 0) is 92.1 Å². The Morgan fingerprint density at radius 2 is 1.42 bits per heavy atom. The fourth-order valence-corrected chi connectivity index (χ4v) is 3.60. The summed E-state index contributed by atoms with van der Waals surface area (Å²) in [4.78, 5) is 1.40. The van der Waals surface area contributed by atoms with Crippen molar-refractivity contribution in [2.24, 2.45) is 0 Å². The fraction of sp³-hybridized carbons (Fsp3) is 0.412. The molecule has 1 aromatic heterocycles. The average Bonchev–Trinajstić information content (AvgIpc) is 2.83. The summed E-state index contributed by atoms with van der Waals surface area (Å²) in [6.45, 7) is 12.2. The Hall–Kier alpha value is -1.12. The second-order valence-corrected chi connectivity index (χ2v) is 6.33. The minimum atomic E-state index is 0.951. The van der Waals surface area contributed by atoms with Crippen LogP contribution in [0.15, 0.2) is 11.4 Å². The minimum Gasteiger partial charge on any atom is -0.315 e. The second-order valence-electron chi connectivity index (χ2n) is 5.33. The second kappa shape index (κ2) is 5.48. The molecule has 0 amide bonds. The van der Waals surface area contributed by atoms with Gasteiger partial charge in [0, 0.05) is 11.4 Å². The third-order valence-corrected chi connectivity index (χ3v) is 5.23. The lowest BCUT2D eigenvalue weighted by Crippen LogP contribution is -2.02. The Kier molecular flexibility index (Phi) is 4.12. The van der Waals surface area contributed by atoms with Crippen LogP contribution in [0.5, 0.6) is 0 Å². The van der Waals surface area contributed by atoms with Crippen LogP contribution in [0.4, 0.5) is 0 Å². The van der Waals surface area contributed by atoms with E-state index in [1.807, 2.05) is 18.4 Å². The van der Waals surface area contributed by atoms with E-state index in [1.54, 1.807) is 0 Å². The number of benzene rings is 1. The Bertz CT molecular complexity index is 579. The van der Waals surface area contributed by atoms with E-state index in [0.717, 1.165) is 6.54 Å². The lowest BCUT2D eigenvalue weighted by molar-refractivity contribution is 0.831. The Morgan fingerprint density at radius 1 is 0.895 bits per heavy atom. The van der Waals surface area contributed by atoms with E-state index in [9.17, 15) is 0 Å². The van der Waals surface area contributed by atoms with E-state index in [1.165, 1.54) is 43.8 Å². The predicted molar refractivity (Wildman–Crippen MR) is 86.2 cm³/mol. The molecule has 0 atom stereocenters. The molecule has 0 aliphatic carbocycles. The average molecular weight is 273 g/mol. The smallest absolute Gasteiger partial charge is 0.0296 e. The summed E-state index contributed by atoms with van der Waals surface area (Å²) < 4.78 is 0. The van der Waals surface area contributed by atoms with Gasteiger partial charge in [-0.25, -0.2) is 0 Å². The van der Waals surface area contributed by atoms with E-state index < -0.39 is 0 Å². The zero-order chi connectivity index (χ0) is 14.2. The highest BCUT2D eigenvalue weighted by molar-refractivity contribution is 7.10. The van der Waals surface area contributed by atoms with Gasteiger partial charge in [0.15, 0.2) is 0 Å². The highest BCUT2D eigenvalue weighted by atomic mass is 32.1. The molecule has 0 fully saturated rings. The number of rotatable bonds is 3. The molecule has 2 heteroatoms. The Balaban J connectivity index is 2.61. The SMILES string of the molecule is CNCc1cc(-c2c(C)c(C)c(C)c(C)c2C)cs1. The van der Waals surface area contributed by atoms with Gasteiger partial charge in [0.25, 0.3) is 0 Å². The van der Waals surface area contributed by atoms with Gasteiger partial charge in [-0.3, -0.25) is 0 Å². The van der Waals surface area contributed by atoms with Crippen molar-refractivity contribution in [2.45, 2.75) is 41.2 Å². The summed E-state index contributed by atoms with van der Waals surface area (Å²) in [5.74, 6) is 0. The first-order valence-corrected chi connectivity index (χ1v) is 7.64. The third-order valence-electron chi connectivity index (χ3n) is 4.29. The van der Waals surface area contributed by atoms with Crippen molar-refractivity contribution in [2.75, 3.05) is 7.05 Å². The summed E-state index contributed by atoms with van der Waals surface area (Å²) in [7, 11) is 2.00. The van der Waals surface area contributed by atoms with Crippen LogP contribution in [0.2, 0.25) is 0 Å². The van der Waals surface area contributed by atoms with Crippen molar-refractivity contribution in [1.82, 2.24) is 5.32 Å². The highest BCUT2D eigenvalue weighted by Crippen LogP contribution is 2.36. The van der Waals surface area contributed by atoms with E-state index >= 15 is 0 Å². The first kappa shape index (κ1) is 14.3. The van der Waals surface area contributed by atoms with Gasteiger partial charge in [0.1, 0.15) is 0 Å².